The van der Waals surface area contributed by atoms with Crippen molar-refractivity contribution in [3.63, 3.8) is 0 Å². The van der Waals surface area contributed by atoms with E-state index in [4.69, 9.17) is 37.9 Å². The van der Waals surface area contributed by atoms with Gasteiger partial charge in [0.25, 0.3) is 0 Å². The fraction of sp³-hybridized carbons (Fsp3) is 0.368. The lowest BCUT2D eigenvalue weighted by Gasteiger charge is -2.30. The summed E-state index contributed by atoms with van der Waals surface area (Å²) in [4.78, 5) is 0. The van der Waals surface area contributed by atoms with E-state index >= 15 is 0 Å². The van der Waals surface area contributed by atoms with Crippen LogP contribution in [0.4, 0.5) is 0 Å². The number of aromatic hydroxyl groups is 2. The van der Waals surface area contributed by atoms with Crippen molar-refractivity contribution in [2.75, 3.05) is 56.9 Å². The summed E-state index contributed by atoms with van der Waals surface area (Å²) in [5, 5.41) is 24.2. The molecule has 0 aromatic heterocycles. The highest BCUT2D eigenvalue weighted by molar-refractivity contribution is 5.62. The first-order valence-corrected chi connectivity index (χ1v) is 15.4. The van der Waals surface area contributed by atoms with Crippen molar-refractivity contribution in [1.29, 1.82) is 0 Å². The molecule has 0 heterocycles. The van der Waals surface area contributed by atoms with Gasteiger partial charge in [0.05, 0.1) is 28.4 Å². The van der Waals surface area contributed by atoms with Crippen molar-refractivity contribution in [2.24, 2.45) is 0 Å². The summed E-state index contributed by atoms with van der Waals surface area (Å²) in [6.45, 7) is 3.89. The molecule has 1 aliphatic carbocycles. The van der Waals surface area contributed by atoms with Crippen LogP contribution in [0.15, 0.2) is 48.5 Å². The molecule has 0 radical (unpaired) electrons. The van der Waals surface area contributed by atoms with Crippen LogP contribution < -0.4 is 18.9 Å². The number of benzene rings is 4. The Labute approximate surface area is 281 Å². The summed E-state index contributed by atoms with van der Waals surface area (Å²) in [6, 6.07) is 14.7. The van der Waals surface area contributed by atoms with E-state index in [9.17, 15) is 10.2 Å². The maximum Gasteiger partial charge on any atom is 0.131 e. The van der Waals surface area contributed by atoms with E-state index in [1.807, 2.05) is 38.1 Å². The van der Waals surface area contributed by atoms with Gasteiger partial charge in [-0.15, -0.1) is 0 Å². The average molecular weight is 661 g/mol. The second-order valence-electron chi connectivity index (χ2n) is 11.7. The highest BCUT2D eigenvalue weighted by Crippen LogP contribution is 2.51. The van der Waals surface area contributed by atoms with Crippen LogP contribution in [0.25, 0.3) is 0 Å². The van der Waals surface area contributed by atoms with Gasteiger partial charge in [-0.05, 0) is 62.4 Å². The maximum absolute atomic E-state index is 12.1. The predicted molar refractivity (Wildman–Crippen MR) is 180 cm³/mol. The van der Waals surface area contributed by atoms with E-state index in [1.165, 1.54) is 0 Å². The fourth-order valence-corrected chi connectivity index (χ4v) is 6.93. The number of methoxy groups -OCH3 is 8. The standard InChI is InChI=1S/C38H44O10/c1-19-11-27-33(43-5)23-15-21(41-3)17-25(31(23)39)35(45-7)29-13-20(2)14-30(38(29)48-10)36(46-8)26-18-22(42-4)16-24(32(26)40)34(44-6)28(12-19)37(27)47-9/h11-18,33-36,39-40H,1-10H3/t33-,34-,35-,36-/m0/s1. The van der Waals surface area contributed by atoms with Crippen molar-refractivity contribution < 1.29 is 48.1 Å². The topological polar surface area (TPSA) is 114 Å². The SMILES string of the molecule is COc1cc2c(O)c(c1)[C@H](OC)c1cc(C)cc(c1OC)[C@@H](OC)c1cc(OC)cc(c1O)[C@H](OC)c1cc(C)cc(c1OC)[C@H]2OC. The summed E-state index contributed by atoms with van der Waals surface area (Å²) in [5.74, 6) is 1.78. The summed E-state index contributed by atoms with van der Waals surface area (Å²) < 4.78 is 48.3. The summed E-state index contributed by atoms with van der Waals surface area (Å²) in [7, 11) is 12.5. The maximum atomic E-state index is 12.1. The van der Waals surface area contributed by atoms with Crippen LogP contribution in [0.5, 0.6) is 34.5 Å². The van der Waals surface area contributed by atoms with E-state index in [0.29, 0.717) is 67.5 Å². The molecule has 8 bridgehead atoms. The number of hydrogen-bond acceptors (Lipinski definition) is 10. The van der Waals surface area contributed by atoms with Crippen LogP contribution in [0, 0.1) is 13.8 Å². The molecule has 1 aliphatic rings. The smallest absolute Gasteiger partial charge is 0.131 e. The van der Waals surface area contributed by atoms with E-state index < -0.39 is 24.4 Å². The van der Waals surface area contributed by atoms with Gasteiger partial charge in [-0.25, -0.2) is 0 Å². The molecule has 0 spiro atoms. The molecule has 0 fully saturated rings. The minimum absolute atomic E-state index is 0.0454. The highest BCUT2D eigenvalue weighted by atomic mass is 16.5. The Hall–Kier alpha value is -4.48. The van der Waals surface area contributed by atoms with Crippen LogP contribution in [-0.4, -0.2) is 67.1 Å². The Bertz CT molecular complexity index is 1560. The Kier molecular flexibility index (Phi) is 10.4. The summed E-state index contributed by atoms with van der Waals surface area (Å²) >= 11 is 0. The number of fused-ring (bicyclic) bond motifs is 8. The first-order chi connectivity index (χ1) is 23.1. The third-order valence-corrected chi connectivity index (χ3v) is 8.95. The zero-order chi connectivity index (χ0) is 34.9. The lowest BCUT2D eigenvalue weighted by atomic mass is 9.86. The molecule has 256 valence electrons. The number of phenols is 2. The van der Waals surface area contributed by atoms with Crippen molar-refractivity contribution in [2.45, 2.75) is 38.3 Å². The molecule has 0 unspecified atom stereocenters. The van der Waals surface area contributed by atoms with Crippen LogP contribution >= 0.6 is 0 Å². The fourth-order valence-electron chi connectivity index (χ4n) is 6.93. The third kappa shape index (κ3) is 5.90. The van der Waals surface area contributed by atoms with E-state index in [0.717, 1.165) is 11.1 Å². The Balaban J connectivity index is 2.02. The quantitative estimate of drug-likeness (QED) is 0.205. The third-order valence-electron chi connectivity index (χ3n) is 8.95. The van der Waals surface area contributed by atoms with Crippen molar-refractivity contribution in [1.82, 2.24) is 0 Å². The van der Waals surface area contributed by atoms with Crippen LogP contribution in [0.2, 0.25) is 0 Å². The highest BCUT2D eigenvalue weighted by Gasteiger charge is 2.35. The Morgan fingerprint density at radius 3 is 0.812 bits per heavy atom. The van der Waals surface area contributed by atoms with Gasteiger partial charge in [-0.2, -0.15) is 0 Å². The molecule has 4 aromatic carbocycles. The summed E-state index contributed by atoms with van der Waals surface area (Å²) in [5.41, 5.74) is 5.96. The molecule has 0 aliphatic heterocycles. The van der Waals surface area contributed by atoms with Gasteiger partial charge in [0.15, 0.2) is 0 Å². The molecular weight excluding hydrogens is 616 g/mol. The van der Waals surface area contributed by atoms with Crippen molar-refractivity contribution >= 4 is 0 Å². The lowest BCUT2D eigenvalue weighted by molar-refractivity contribution is 0.115. The lowest BCUT2D eigenvalue weighted by Crippen LogP contribution is -2.16. The van der Waals surface area contributed by atoms with Gasteiger partial charge in [-0.1, -0.05) is 11.1 Å². The van der Waals surface area contributed by atoms with Gasteiger partial charge in [0.1, 0.15) is 58.9 Å². The average Bonchev–Trinajstić information content (AvgIpc) is 3.08. The molecule has 4 aromatic rings. The number of phenolic OH excluding ortho intramolecular Hbond substituents is 2. The molecule has 2 N–H and O–H groups in total. The number of ether oxygens (including phenoxy) is 8. The van der Waals surface area contributed by atoms with Gasteiger partial charge in [0, 0.05) is 72.9 Å². The van der Waals surface area contributed by atoms with Gasteiger partial charge >= 0.3 is 0 Å². The molecule has 10 nitrogen and oxygen atoms in total. The second kappa shape index (κ2) is 14.3. The monoisotopic (exact) mass is 660 g/mol. The van der Waals surface area contributed by atoms with Crippen molar-refractivity contribution in [3.05, 3.63) is 104 Å². The first-order valence-electron chi connectivity index (χ1n) is 15.4. The van der Waals surface area contributed by atoms with Gasteiger partial charge < -0.3 is 48.1 Å². The van der Waals surface area contributed by atoms with E-state index in [2.05, 4.69) is 0 Å². The van der Waals surface area contributed by atoms with Crippen LogP contribution in [0.3, 0.4) is 0 Å². The molecule has 0 saturated carbocycles. The minimum atomic E-state index is -0.822. The molecule has 0 amide bonds. The molecular formula is C38H44O10. The second-order valence-corrected chi connectivity index (χ2v) is 11.7. The molecule has 48 heavy (non-hydrogen) atoms. The summed E-state index contributed by atoms with van der Waals surface area (Å²) in [6.07, 6.45) is -3.29. The number of rotatable bonds is 8. The van der Waals surface area contributed by atoms with Gasteiger partial charge in [-0.3, -0.25) is 0 Å². The first kappa shape index (κ1) is 34.8. The van der Waals surface area contributed by atoms with E-state index in [1.54, 1.807) is 81.1 Å². The molecule has 4 atom stereocenters. The van der Waals surface area contributed by atoms with Gasteiger partial charge in [0.2, 0.25) is 0 Å². The number of aryl methyl sites for hydroxylation is 2. The molecule has 10 heteroatoms. The minimum Gasteiger partial charge on any atom is -0.507 e. The zero-order valence-electron chi connectivity index (χ0n) is 29.1. The normalized spacial score (nSPS) is 18.7. The van der Waals surface area contributed by atoms with Crippen molar-refractivity contribution in [3.8, 4) is 34.5 Å². The van der Waals surface area contributed by atoms with Crippen LogP contribution in [-0.2, 0) is 18.9 Å². The molecule has 0 saturated heterocycles. The van der Waals surface area contributed by atoms with E-state index in [-0.39, 0.29) is 11.5 Å². The largest absolute Gasteiger partial charge is 0.507 e. The number of hydrogen-bond donors (Lipinski definition) is 2. The molecule has 5 rings (SSSR count). The Morgan fingerprint density at radius 2 is 0.625 bits per heavy atom. The van der Waals surface area contributed by atoms with Crippen LogP contribution in [0.1, 0.15) is 80.1 Å². The Morgan fingerprint density at radius 1 is 0.375 bits per heavy atom. The predicted octanol–water partition coefficient (Wildman–Crippen LogP) is 7.01. The zero-order valence-corrected chi connectivity index (χ0v) is 29.1.